The van der Waals surface area contributed by atoms with Crippen LogP contribution in [0.4, 0.5) is 5.82 Å². The highest BCUT2D eigenvalue weighted by atomic mass is 16.5. The van der Waals surface area contributed by atoms with Crippen LogP contribution in [0.15, 0.2) is 34.9 Å². The van der Waals surface area contributed by atoms with Crippen LogP contribution >= 0.6 is 0 Å². The Hall–Kier alpha value is -2.83. The summed E-state index contributed by atoms with van der Waals surface area (Å²) in [4.78, 5) is 2.32. The van der Waals surface area contributed by atoms with Gasteiger partial charge in [0.1, 0.15) is 5.75 Å². The minimum atomic E-state index is 0.536. The van der Waals surface area contributed by atoms with Crippen LogP contribution in [0, 0.1) is 12.8 Å². The lowest BCUT2D eigenvalue weighted by Gasteiger charge is -2.32. The van der Waals surface area contributed by atoms with Crippen molar-refractivity contribution < 1.29 is 14.0 Å². The Morgan fingerprint density at radius 1 is 1.11 bits per heavy atom. The van der Waals surface area contributed by atoms with Gasteiger partial charge in [-0.05, 0) is 68.4 Å². The van der Waals surface area contributed by atoms with Gasteiger partial charge in [-0.2, -0.15) is 5.10 Å². The molecule has 3 heterocycles. The molecule has 28 heavy (non-hydrogen) atoms. The number of anilines is 1. The van der Waals surface area contributed by atoms with Crippen LogP contribution < -0.4 is 14.4 Å². The molecule has 1 aliphatic rings. The Labute approximate surface area is 164 Å². The third-order valence-corrected chi connectivity index (χ3v) is 5.21. The summed E-state index contributed by atoms with van der Waals surface area (Å²) in [7, 11) is 0. The van der Waals surface area contributed by atoms with E-state index in [9.17, 15) is 0 Å². The molecule has 148 valence electrons. The van der Waals surface area contributed by atoms with Crippen molar-refractivity contribution in [2.75, 3.05) is 31.2 Å². The molecule has 2 aromatic heterocycles. The average molecular weight is 382 g/mol. The molecule has 0 unspecified atom stereocenters. The average Bonchev–Trinajstić information content (AvgIpc) is 3.12. The quantitative estimate of drug-likeness (QED) is 0.611. The zero-order chi connectivity index (χ0) is 19.3. The number of benzene rings is 1. The fourth-order valence-electron chi connectivity index (χ4n) is 3.58. The van der Waals surface area contributed by atoms with Crippen molar-refractivity contribution in [3.8, 4) is 11.6 Å². The second kappa shape index (κ2) is 8.46. The predicted octanol–water partition coefficient (Wildman–Crippen LogP) is 4.01. The first kappa shape index (κ1) is 18.5. The minimum absolute atomic E-state index is 0.536. The van der Waals surface area contributed by atoms with Gasteiger partial charge in [0.25, 0.3) is 5.88 Å². The van der Waals surface area contributed by atoms with E-state index in [0.717, 1.165) is 55.0 Å². The molecule has 0 spiro atoms. The molecule has 0 atom stereocenters. The highest BCUT2D eigenvalue weighted by Crippen LogP contribution is 2.29. The van der Waals surface area contributed by atoms with Gasteiger partial charge in [-0.1, -0.05) is 0 Å². The SMILES string of the molecule is CCOc1noc2cc(OCCC3CCN(c4ccc(C)nn4)CC3)ccc12. The van der Waals surface area contributed by atoms with E-state index in [4.69, 9.17) is 14.0 Å². The van der Waals surface area contributed by atoms with Crippen molar-refractivity contribution in [2.24, 2.45) is 5.92 Å². The number of piperidine rings is 1. The number of rotatable bonds is 7. The molecule has 0 radical (unpaired) electrons. The van der Waals surface area contributed by atoms with Crippen LogP contribution in [0.5, 0.6) is 11.6 Å². The van der Waals surface area contributed by atoms with Gasteiger partial charge in [-0.15, -0.1) is 5.10 Å². The van der Waals surface area contributed by atoms with E-state index < -0.39 is 0 Å². The summed E-state index contributed by atoms with van der Waals surface area (Å²) in [6, 6.07) is 9.84. The molecule has 0 saturated carbocycles. The molecule has 1 aliphatic heterocycles. The molecule has 1 fully saturated rings. The van der Waals surface area contributed by atoms with E-state index in [2.05, 4.69) is 26.3 Å². The lowest BCUT2D eigenvalue weighted by Crippen LogP contribution is -2.34. The van der Waals surface area contributed by atoms with E-state index in [0.29, 0.717) is 30.6 Å². The number of hydrogen-bond acceptors (Lipinski definition) is 7. The molecule has 3 aromatic rings. The zero-order valence-corrected chi connectivity index (χ0v) is 16.4. The van der Waals surface area contributed by atoms with Crippen LogP contribution in [-0.2, 0) is 0 Å². The highest BCUT2D eigenvalue weighted by molar-refractivity contribution is 5.83. The molecule has 0 aliphatic carbocycles. The first-order valence-corrected chi connectivity index (χ1v) is 9.93. The molecular formula is C21H26N4O3. The largest absolute Gasteiger partial charge is 0.493 e. The van der Waals surface area contributed by atoms with Crippen molar-refractivity contribution in [1.82, 2.24) is 15.4 Å². The van der Waals surface area contributed by atoms with Crippen molar-refractivity contribution in [3.63, 3.8) is 0 Å². The maximum Gasteiger partial charge on any atom is 0.262 e. The molecule has 4 rings (SSSR count). The van der Waals surface area contributed by atoms with E-state index in [1.165, 1.54) is 0 Å². The van der Waals surface area contributed by atoms with E-state index in [1.807, 2.05) is 38.1 Å². The van der Waals surface area contributed by atoms with Crippen molar-refractivity contribution in [3.05, 3.63) is 36.0 Å². The number of nitrogens with zero attached hydrogens (tertiary/aromatic N) is 4. The van der Waals surface area contributed by atoms with Gasteiger partial charge in [-0.3, -0.25) is 0 Å². The fraction of sp³-hybridized carbons (Fsp3) is 0.476. The molecule has 7 heteroatoms. The lowest BCUT2D eigenvalue weighted by atomic mass is 9.94. The second-order valence-electron chi connectivity index (χ2n) is 7.18. The van der Waals surface area contributed by atoms with E-state index in [1.54, 1.807) is 0 Å². The number of aromatic nitrogens is 3. The first-order valence-electron chi connectivity index (χ1n) is 9.93. The summed E-state index contributed by atoms with van der Waals surface area (Å²) in [6.45, 7) is 7.19. The van der Waals surface area contributed by atoms with Crippen LogP contribution in [-0.4, -0.2) is 41.7 Å². The van der Waals surface area contributed by atoms with Gasteiger partial charge >= 0.3 is 0 Å². The zero-order valence-electron chi connectivity index (χ0n) is 16.4. The molecule has 0 amide bonds. The lowest BCUT2D eigenvalue weighted by molar-refractivity contribution is 0.258. The van der Waals surface area contributed by atoms with Gasteiger partial charge in [0, 0.05) is 19.2 Å². The maximum absolute atomic E-state index is 5.95. The van der Waals surface area contributed by atoms with Crippen LogP contribution in [0.25, 0.3) is 11.0 Å². The van der Waals surface area contributed by atoms with E-state index in [-0.39, 0.29) is 0 Å². The third-order valence-electron chi connectivity index (χ3n) is 5.21. The van der Waals surface area contributed by atoms with E-state index >= 15 is 0 Å². The Morgan fingerprint density at radius 3 is 2.71 bits per heavy atom. The molecule has 1 aromatic carbocycles. The number of hydrogen-bond donors (Lipinski definition) is 0. The number of ether oxygens (including phenoxy) is 2. The number of aryl methyl sites for hydroxylation is 1. The van der Waals surface area contributed by atoms with Gasteiger partial charge in [-0.25, -0.2) is 0 Å². The highest BCUT2D eigenvalue weighted by Gasteiger charge is 2.20. The molecule has 7 nitrogen and oxygen atoms in total. The van der Waals surface area contributed by atoms with Crippen molar-refractivity contribution in [1.29, 1.82) is 0 Å². The fourth-order valence-corrected chi connectivity index (χ4v) is 3.58. The summed E-state index contributed by atoms with van der Waals surface area (Å²) in [5, 5.41) is 13.3. The summed E-state index contributed by atoms with van der Waals surface area (Å²) >= 11 is 0. The number of fused-ring (bicyclic) bond motifs is 1. The Morgan fingerprint density at radius 2 is 1.96 bits per heavy atom. The molecule has 1 saturated heterocycles. The maximum atomic E-state index is 5.95. The molecule has 0 bridgehead atoms. The van der Waals surface area contributed by atoms with Gasteiger partial charge in [0.2, 0.25) is 0 Å². The van der Waals surface area contributed by atoms with Crippen molar-refractivity contribution >= 4 is 16.8 Å². The molecular weight excluding hydrogens is 356 g/mol. The summed E-state index contributed by atoms with van der Waals surface area (Å²) in [5.41, 5.74) is 1.64. The Balaban J connectivity index is 1.24. The minimum Gasteiger partial charge on any atom is -0.493 e. The van der Waals surface area contributed by atoms with Crippen molar-refractivity contribution in [2.45, 2.75) is 33.1 Å². The van der Waals surface area contributed by atoms with Crippen LogP contribution in [0.2, 0.25) is 0 Å². The first-order chi connectivity index (χ1) is 13.7. The third kappa shape index (κ3) is 4.18. The Bertz CT molecular complexity index is 902. The van der Waals surface area contributed by atoms with Gasteiger partial charge in [0.15, 0.2) is 11.4 Å². The van der Waals surface area contributed by atoms with Crippen LogP contribution in [0.3, 0.4) is 0 Å². The van der Waals surface area contributed by atoms with Crippen LogP contribution in [0.1, 0.15) is 31.9 Å². The summed E-state index contributed by atoms with van der Waals surface area (Å²) in [5.74, 6) is 2.99. The predicted molar refractivity (Wildman–Crippen MR) is 107 cm³/mol. The van der Waals surface area contributed by atoms with Gasteiger partial charge < -0.3 is 18.9 Å². The normalized spacial score (nSPS) is 15.1. The topological polar surface area (TPSA) is 73.5 Å². The van der Waals surface area contributed by atoms with Gasteiger partial charge in [0.05, 0.1) is 24.3 Å². The smallest absolute Gasteiger partial charge is 0.262 e. The summed E-state index contributed by atoms with van der Waals surface area (Å²) < 4.78 is 16.7. The molecule has 0 N–H and O–H groups in total. The summed E-state index contributed by atoms with van der Waals surface area (Å²) in [6.07, 6.45) is 3.35. The Kier molecular flexibility index (Phi) is 5.60. The second-order valence-corrected chi connectivity index (χ2v) is 7.18. The monoisotopic (exact) mass is 382 g/mol. The standard InChI is InChI=1S/C21H26N4O3/c1-3-26-21-18-6-5-17(14-19(18)28-24-21)27-13-10-16-8-11-25(12-9-16)20-7-4-15(2)22-23-20/h4-7,14,16H,3,8-13H2,1-2H3.